The summed E-state index contributed by atoms with van der Waals surface area (Å²) in [5.41, 5.74) is 0.491. The molecule has 1 aromatic carbocycles. The molecular weight excluding hydrogens is 330 g/mol. The Labute approximate surface area is 140 Å². The van der Waals surface area contributed by atoms with Crippen LogP contribution in [-0.4, -0.2) is 25.5 Å². The van der Waals surface area contributed by atoms with Gasteiger partial charge in [0.15, 0.2) is 0 Å². The van der Waals surface area contributed by atoms with Crippen LogP contribution < -0.4 is 4.72 Å². The molecule has 2 atom stereocenters. The van der Waals surface area contributed by atoms with Crippen molar-refractivity contribution in [1.82, 2.24) is 4.72 Å². The number of carboxylic acid groups (broad SMARTS) is 1. The molecule has 1 heterocycles. The van der Waals surface area contributed by atoms with E-state index >= 15 is 0 Å². The van der Waals surface area contributed by atoms with Crippen LogP contribution in [0.2, 0.25) is 0 Å². The van der Waals surface area contributed by atoms with Crippen molar-refractivity contribution >= 4 is 27.0 Å². The zero-order chi connectivity index (χ0) is 17.2. The maximum absolute atomic E-state index is 12.6. The number of rotatable bonds is 4. The Bertz CT molecular complexity index is 793. The normalized spacial score (nSPS) is 22.8. The van der Waals surface area contributed by atoms with Gasteiger partial charge in [-0.05, 0) is 18.9 Å². The minimum Gasteiger partial charge on any atom is -0.481 e. The Morgan fingerprint density at radius 3 is 2.54 bits per heavy atom. The summed E-state index contributed by atoms with van der Waals surface area (Å²) in [6.45, 7) is 0. The highest BCUT2D eigenvalue weighted by Crippen LogP contribution is 2.27. The number of hydrogen-bond donors (Lipinski definition) is 2. The Morgan fingerprint density at radius 1 is 1.12 bits per heavy atom. The molecular formula is C17H21NO5S. The van der Waals surface area contributed by atoms with E-state index in [2.05, 4.69) is 4.72 Å². The Kier molecular flexibility index (Phi) is 4.91. The van der Waals surface area contributed by atoms with Crippen LogP contribution in [0, 0.1) is 5.92 Å². The van der Waals surface area contributed by atoms with Gasteiger partial charge in [-0.15, -0.1) is 0 Å². The lowest BCUT2D eigenvalue weighted by atomic mass is 9.87. The number of furan rings is 1. The van der Waals surface area contributed by atoms with E-state index in [0.29, 0.717) is 23.8 Å². The Hall–Kier alpha value is -1.86. The lowest BCUT2D eigenvalue weighted by molar-refractivity contribution is -0.143. The van der Waals surface area contributed by atoms with E-state index in [9.17, 15) is 18.3 Å². The molecule has 2 aromatic rings. The summed E-state index contributed by atoms with van der Waals surface area (Å²) in [6.07, 6.45) is 4.62. The predicted molar refractivity (Wildman–Crippen MR) is 89.2 cm³/mol. The molecule has 1 aliphatic carbocycles. The molecule has 0 spiro atoms. The Balaban J connectivity index is 1.86. The smallest absolute Gasteiger partial charge is 0.308 e. The Morgan fingerprint density at radius 2 is 1.83 bits per heavy atom. The number of benzene rings is 1. The fraction of sp³-hybridized carbons (Fsp3) is 0.471. The minimum absolute atomic E-state index is 0.171. The second kappa shape index (κ2) is 6.94. The van der Waals surface area contributed by atoms with Gasteiger partial charge in [0.25, 0.3) is 10.0 Å². The molecule has 2 unspecified atom stereocenters. The average Bonchev–Trinajstić information content (AvgIpc) is 2.94. The lowest BCUT2D eigenvalue weighted by Crippen LogP contribution is -2.43. The monoisotopic (exact) mass is 351 g/mol. The number of hydrogen-bond acceptors (Lipinski definition) is 4. The minimum atomic E-state index is -3.90. The van der Waals surface area contributed by atoms with Crippen molar-refractivity contribution in [1.29, 1.82) is 0 Å². The van der Waals surface area contributed by atoms with Crippen LogP contribution in [0.1, 0.15) is 38.5 Å². The van der Waals surface area contributed by atoms with Gasteiger partial charge in [0.05, 0.1) is 5.92 Å². The first-order valence-electron chi connectivity index (χ1n) is 8.21. The van der Waals surface area contributed by atoms with Crippen molar-refractivity contribution in [2.45, 2.75) is 49.7 Å². The number of carboxylic acids is 1. The third kappa shape index (κ3) is 3.62. The van der Waals surface area contributed by atoms with Gasteiger partial charge in [0.2, 0.25) is 5.09 Å². The number of para-hydroxylation sites is 1. The standard InChI is InChI=1S/C17H21NO5S/c19-17(20)13-8-3-1-2-4-9-14(13)18-24(21,22)16-11-12-7-5-6-10-15(12)23-16/h5-7,10-11,13-14,18H,1-4,8-9H2,(H,19,20). The summed E-state index contributed by atoms with van der Waals surface area (Å²) in [5.74, 6) is -1.65. The van der Waals surface area contributed by atoms with Gasteiger partial charge >= 0.3 is 5.97 Å². The quantitative estimate of drug-likeness (QED) is 0.882. The molecule has 1 saturated carbocycles. The lowest BCUT2D eigenvalue weighted by Gasteiger charge is -2.26. The van der Waals surface area contributed by atoms with Crippen LogP contribution in [0.4, 0.5) is 0 Å². The van der Waals surface area contributed by atoms with E-state index in [1.807, 2.05) is 0 Å². The molecule has 6 nitrogen and oxygen atoms in total. The van der Waals surface area contributed by atoms with Crippen LogP contribution in [0.15, 0.2) is 39.8 Å². The number of sulfonamides is 1. The maximum Gasteiger partial charge on any atom is 0.308 e. The second-order valence-electron chi connectivity index (χ2n) is 6.27. The number of fused-ring (bicyclic) bond motifs is 1. The van der Waals surface area contributed by atoms with Crippen molar-refractivity contribution in [2.75, 3.05) is 0 Å². The van der Waals surface area contributed by atoms with Gasteiger partial charge in [0, 0.05) is 17.5 Å². The zero-order valence-electron chi connectivity index (χ0n) is 13.3. The predicted octanol–water partition coefficient (Wildman–Crippen LogP) is 3.13. The third-order valence-electron chi connectivity index (χ3n) is 4.56. The molecule has 0 aliphatic heterocycles. The molecule has 3 rings (SSSR count). The maximum atomic E-state index is 12.6. The summed E-state index contributed by atoms with van der Waals surface area (Å²) < 4.78 is 33.3. The molecule has 0 amide bonds. The zero-order valence-corrected chi connectivity index (χ0v) is 14.1. The van der Waals surface area contributed by atoms with Crippen LogP contribution in [0.3, 0.4) is 0 Å². The van der Waals surface area contributed by atoms with Crippen molar-refractivity contribution < 1.29 is 22.7 Å². The highest BCUT2D eigenvalue weighted by atomic mass is 32.2. The highest BCUT2D eigenvalue weighted by Gasteiger charge is 2.33. The SMILES string of the molecule is O=C(O)C1CCCCCCC1NS(=O)(=O)c1cc2ccccc2o1. The van der Waals surface area contributed by atoms with E-state index in [1.54, 1.807) is 24.3 Å². The summed E-state index contributed by atoms with van der Waals surface area (Å²) >= 11 is 0. The first-order chi connectivity index (χ1) is 11.5. The van der Waals surface area contributed by atoms with Crippen LogP contribution in [0.25, 0.3) is 11.0 Å². The topological polar surface area (TPSA) is 96.6 Å². The number of nitrogens with one attached hydrogen (secondary N) is 1. The van der Waals surface area contributed by atoms with E-state index in [4.69, 9.17) is 4.42 Å². The summed E-state index contributed by atoms with van der Waals surface area (Å²) in [6, 6.07) is 7.90. The van der Waals surface area contributed by atoms with E-state index in [-0.39, 0.29) is 5.09 Å². The fourth-order valence-corrected chi connectivity index (χ4v) is 4.55. The highest BCUT2D eigenvalue weighted by molar-refractivity contribution is 7.89. The van der Waals surface area contributed by atoms with Crippen LogP contribution >= 0.6 is 0 Å². The third-order valence-corrected chi connectivity index (χ3v) is 5.90. The van der Waals surface area contributed by atoms with E-state index in [0.717, 1.165) is 25.7 Å². The first-order valence-corrected chi connectivity index (χ1v) is 9.69. The average molecular weight is 351 g/mol. The van der Waals surface area contributed by atoms with Gasteiger partial charge in [-0.3, -0.25) is 4.79 Å². The van der Waals surface area contributed by atoms with Gasteiger partial charge < -0.3 is 9.52 Å². The van der Waals surface area contributed by atoms with Gasteiger partial charge in [-0.25, -0.2) is 13.1 Å². The van der Waals surface area contributed by atoms with Gasteiger partial charge in [0.1, 0.15) is 5.58 Å². The van der Waals surface area contributed by atoms with Crippen molar-refractivity contribution in [3.63, 3.8) is 0 Å². The molecule has 1 fully saturated rings. The van der Waals surface area contributed by atoms with Crippen molar-refractivity contribution in [3.05, 3.63) is 30.3 Å². The first kappa shape index (κ1) is 17.0. The van der Waals surface area contributed by atoms with Crippen molar-refractivity contribution in [2.24, 2.45) is 5.92 Å². The molecule has 0 radical (unpaired) electrons. The summed E-state index contributed by atoms with van der Waals surface area (Å²) in [5, 5.41) is 9.98. The molecule has 7 heteroatoms. The fourth-order valence-electron chi connectivity index (χ4n) is 3.27. The van der Waals surface area contributed by atoms with Crippen LogP contribution in [-0.2, 0) is 14.8 Å². The van der Waals surface area contributed by atoms with Crippen LogP contribution in [0.5, 0.6) is 0 Å². The van der Waals surface area contributed by atoms with E-state index in [1.165, 1.54) is 6.07 Å². The molecule has 24 heavy (non-hydrogen) atoms. The molecule has 2 N–H and O–H groups in total. The molecule has 1 aromatic heterocycles. The molecule has 0 saturated heterocycles. The van der Waals surface area contributed by atoms with Crippen molar-refractivity contribution in [3.8, 4) is 0 Å². The number of carbonyl (C=O) groups is 1. The largest absolute Gasteiger partial charge is 0.481 e. The van der Waals surface area contributed by atoms with E-state index < -0.39 is 28.0 Å². The summed E-state index contributed by atoms with van der Waals surface area (Å²) in [4.78, 5) is 11.5. The summed E-state index contributed by atoms with van der Waals surface area (Å²) in [7, 11) is -3.90. The number of aliphatic carboxylic acids is 1. The molecule has 0 bridgehead atoms. The molecule has 130 valence electrons. The van der Waals surface area contributed by atoms with Gasteiger partial charge in [-0.2, -0.15) is 0 Å². The second-order valence-corrected chi connectivity index (χ2v) is 7.91. The molecule has 1 aliphatic rings. The van der Waals surface area contributed by atoms with Gasteiger partial charge in [-0.1, -0.05) is 43.9 Å².